The molecule has 2 rings (SSSR count). The number of aryl methyl sites for hydroxylation is 1. The number of hydrogen-bond donors (Lipinski definition) is 0. The van der Waals surface area contributed by atoms with E-state index in [4.69, 9.17) is 16.3 Å². The van der Waals surface area contributed by atoms with E-state index >= 15 is 0 Å². The van der Waals surface area contributed by atoms with E-state index in [-0.39, 0.29) is 5.41 Å². The van der Waals surface area contributed by atoms with Crippen LogP contribution in [0.15, 0.2) is 23.1 Å². The van der Waals surface area contributed by atoms with E-state index in [1.165, 1.54) is 0 Å². The molecule has 0 aromatic heterocycles. The van der Waals surface area contributed by atoms with E-state index in [1.54, 1.807) is 29.6 Å². The Hall–Kier alpha value is -0.780. The predicted molar refractivity (Wildman–Crippen MR) is 84.6 cm³/mol. The summed E-state index contributed by atoms with van der Waals surface area (Å²) in [6.45, 7) is 5.32. The third kappa shape index (κ3) is 3.52. The molecular weight excluding hydrogens is 310 g/mol. The van der Waals surface area contributed by atoms with Crippen LogP contribution < -0.4 is 4.74 Å². The molecular formula is C15H22ClNO3S. The molecule has 0 saturated carbocycles. The van der Waals surface area contributed by atoms with Crippen LogP contribution in [0.1, 0.15) is 25.8 Å². The summed E-state index contributed by atoms with van der Waals surface area (Å²) < 4.78 is 32.5. The summed E-state index contributed by atoms with van der Waals surface area (Å²) >= 11 is 5.81. The van der Waals surface area contributed by atoms with Gasteiger partial charge in [0.05, 0.1) is 12.0 Å². The molecule has 1 aromatic rings. The van der Waals surface area contributed by atoms with E-state index in [1.807, 2.05) is 0 Å². The molecule has 0 bridgehead atoms. The largest absolute Gasteiger partial charge is 0.497 e. The van der Waals surface area contributed by atoms with Crippen LogP contribution in [0.5, 0.6) is 5.75 Å². The van der Waals surface area contributed by atoms with Crippen molar-refractivity contribution in [3.05, 3.63) is 23.8 Å². The number of alkyl halides is 1. The van der Waals surface area contributed by atoms with Crippen LogP contribution in [-0.2, 0) is 16.4 Å². The molecule has 4 nitrogen and oxygen atoms in total. The molecule has 0 atom stereocenters. The van der Waals surface area contributed by atoms with Gasteiger partial charge in [-0.05, 0) is 42.0 Å². The molecule has 0 amide bonds. The van der Waals surface area contributed by atoms with Crippen LogP contribution in [0.25, 0.3) is 0 Å². The second kappa shape index (κ2) is 6.15. The van der Waals surface area contributed by atoms with Gasteiger partial charge in [-0.2, -0.15) is 4.31 Å². The topological polar surface area (TPSA) is 46.6 Å². The number of methoxy groups -OCH3 is 1. The van der Waals surface area contributed by atoms with Gasteiger partial charge in [-0.15, -0.1) is 11.6 Å². The van der Waals surface area contributed by atoms with Gasteiger partial charge >= 0.3 is 0 Å². The van der Waals surface area contributed by atoms with Crippen LogP contribution in [0.2, 0.25) is 0 Å². The van der Waals surface area contributed by atoms with Crippen LogP contribution in [-0.4, -0.2) is 38.8 Å². The minimum absolute atomic E-state index is 0.0339. The Morgan fingerprint density at radius 3 is 2.62 bits per heavy atom. The summed E-state index contributed by atoms with van der Waals surface area (Å²) in [5, 5.41) is 0. The molecule has 21 heavy (non-hydrogen) atoms. The zero-order valence-electron chi connectivity index (χ0n) is 12.7. The number of hydrogen-bond acceptors (Lipinski definition) is 3. The van der Waals surface area contributed by atoms with Gasteiger partial charge < -0.3 is 4.74 Å². The van der Waals surface area contributed by atoms with E-state index in [0.29, 0.717) is 41.6 Å². The fourth-order valence-electron chi connectivity index (χ4n) is 2.64. The summed E-state index contributed by atoms with van der Waals surface area (Å²) in [5.74, 6) is 1.03. The van der Waals surface area contributed by atoms with E-state index < -0.39 is 10.0 Å². The molecule has 0 unspecified atom stereocenters. The maximum Gasteiger partial charge on any atom is 0.243 e. The van der Waals surface area contributed by atoms with Gasteiger partial charge in [0, 0.05) is 19.0 Å². The summed E-state index contributed by atoms with van der Waals surface area (Å²) in [5.41, 5.74) is 0.751. The zero-order chi connectivity index (χ0) is 15.7. The second-order valence-corrected chi connectivity index (χ2v) is 8.45. The average Bonchev–Trinajstić information content (AvgIpc) is 2.80. The van der Waals surface area contributed by atoms with E-state index in [9.17, 15) is 8.42 Å². The smallest absolute Gasteiger partial charge is 0.243 e. The van der Waals surface area contributed by atoms with Crippen molar-refractivity contribution in [3.8, 4) is 5.75 Å². The van der Waals surface area contributed by atoms with Gasteiger partial charge in [0.25, 0.3) is 0 Å². The first-order valence-corrected chi connectivity index (χ1v) is 9.01. The quantitative estimate of drug-likeness (QED) is 0.779. The molecule has 1 aliphatic rings. The van der Waals surface area contributed by atoms with Gasteiger partial charge in [-0.3, -0.25) is 0 Å². The Kier molecular flexibility index (Phi) is 4.85. The van der Waals surface area contributed by atoms with Crippen LogP contribution in [0.3, 0.4) is 0 Å². The maximum atomic E-state index is 12.9. The number of halogens is 1. The molecule has 118 valence electrons. The lowest BCUT2D eigenvalue weighted by Crippen LogP contribution is -2.31. The molecule has 0 spiro atoms. The standard InChI is InChI=1S/C15H22ClNO3S/c1-15(2)7-9-17(11-15)21(18,19)14-5-4-13(20-3)10-12(14)6-8-16/h4-5,10H,6-9,11H2,1-3H3. The van der Waals surface area contributed by atoms with Crippen molar-refractivity contribution in [2.45, 2.75) is 31.6 Å². The molecule has 1 saturated heterocycles. The highest BCUT2D eigenvalue weighted by Gasteiger charge is 2.37. The van der Waals surface area contributed by atoms with Crippen molar-refractivity contribution in [2.75, 3.05) is 26.1 Å². The van der Waals surface area contributed by atoms with Gasteiger partial charge in [0.1, 0.15) is 5.75 Å². The highest BCUT2D eigenvalue weighted by atomic mass is 35.5. The Balaban J connectivity index is 2.40. The summed E-state index contributed by atoms with van der Waals surface area (Å²) in [6.07, 6.45) is 1.39. The van der Waals surface area contributed by atoms with Gasteiger partial charge in [0.2, 0.25) is 10.0 Å². The lowest BCUT2D eigenvalue weighted by atomic mass is 9.93. The summed E-state index contributed by atoms with van der Waals surface area (Å²) in [7, 11) is -1.90. The number of ether oxygens (including phenoxy) is 1. The SMILES string of the molecule is COc1ccc(S(=O)(=O)N2CCC(C)(C)C2)c(CCCl)c1. The van der Waals surface area contributed by atoms with Crippen LogP contribution in [0, 0.1) is 5.41 Å². The monoisotopic (exact) mass is 331 g/mol. The maximum absolute atomic E-state index is 12.9. The molecule has 0 radical (unpaired) electrons. The number of sulfonamides is 1. The molecule has 1 heterocycles. The normalized spacial score (nSPS) is 18.9. The highest BCUT2D eigenvalue weighted by molar-refractivity contribution is 7.89. The Labute approximate surface area is 132 Å². The minimum Gasteiger partial charge on any atom is -0.497 e. The minimum atomic E-state index is -3.47. The third-order valence-electron chi connectivity index (χ3n) is 3.89. The highest BCUT2D eigenvalue weighted by Crippen LogP contribution is 2.34. The van der Waals surface area contributed by atoms with E-state index in [2.05, 4.69) is 13.8 Å². The van der Waals surface area contributed by atoms with Gasteiger partial charge in [-0.25, -0.2) is 8.42 Å². The Bertz CT molecular complexity index is 613. The molecule has 1 fully saturated rings. The van der Waals surface area contributed by atoms with Crippen LogP contribution in [0.4, 0.5) is 0 Å². The van der Waals surface area contributed by atoms with Gasteiger partial charge in [0.15, 0.2) is 0 Å². The lowest BCUT2D eigenvalue weighted by molar-refractivity contribution is 0.375. The molecule has 0 aliphatic carbocycles. The van der Waals surface area contributed by atoms with Crippen molar-refractivity contribution >= 4 is 21.6 Å². The van der Waals surface area contributed by atoms with Crippen molar-refractivity contribution in [1.29, 1.82) is 0 Å². The van der Waals surface area contributed by atoms with Gasteiger partial charge in [-0.1, -0.05) is 13.8 Å². The van der Waals surface area contributed by atoms with Crippen molar-refractivity contribution in [3.63, 3.8) is 0 Å². The fourth-order valence-corrected chi connectivity index (χ4v) is 4.70. The number of benzene rings is 1. The first kappa shape index (κ1) is 16.6. The number of rotatable bonds is 5. The molecule has 0 N–H and O–H groups in total. The summed E-state index contributed by atoms with van der Waals surface area (Å²) in [6, 6.07) is 5.07. The van der Waals surface area contributed by atoms with E-state index in [0.717, 1.165) is 6.42 Å². The fraction of sp³-hybridized carbons (Fsp3) is 0.600. The Morgan fingerprint density at radius 1 is 1.38 bits per heavy atom. The first-order valence-electron chi connectivity index (χ1n) is 7.03. The Morgan fingerprint density at radius 2 is 2.10 bits per heavy atom. The molecule has 1 aliphatic heterocycles. The first-order chi connectivity index (χ1) is 9.80. The number of nitrogens with zero attached hydrogens (tertiary/aromatic N) is 1. The van der Waals surface area contributed by atoms with Crippen LogP contribution >= 0.6 is 11.6 Å². The zero-order valence-corrected chi connectivity index (χ0v) is 14.3. The third-order valence-corrected chi connectivity index (χ3v) is 6.03. The molecule has 6 heteroatoms. The second-order valence-electron chi connectivity index (χ2n) is 6.17. The van der Waals surface area contributed by atoms with Crippen molar-refractivity contribution in [1.82, 2.24) is 4.31 Å². The average molecular weight is 332 g/mol. The predicted octanol–water partition coefficient (Wildman–Crippen LogP) is 2.90. The lowest BCUT2D eigenvalue weighted by Gasteiger charge is -2.21. The van der Waals surface area contributed by atoms with Crippen molar-refractivity contribution < 1.29 is 13.2 Å². The molecule has 1 aromatic carbocycles. The summed E-state index contributed by atoms with van der Waals surface area (Å²) in [4.78, 5) is 0.349. The van der Waals surface area contributed by atoms with Crippen molar-refractivity contribution in [2.24, 2.45) is 5.41 Å².